The van der Waals surface area contributed by atoms with Crippen LogP contribution in [0.2, 0.25) is 5.02 Å². The molecule has 2 heterocycles. The zero-order valence-electron chi connectivity index (χ0n) is 11.8. The number of anilines is 2. The summed E-state index contributed by atoms with van der Waals surface area (Å²) in [7, 11) is 0. The number of nitrogens with zero attached hydrogens (tertiary/aromatic N) is 4. The summed E-state index contributed by atoms with van der Waals surface area (Å²) in [6.07, 6.45) is 2.81. The van der Waals surface area contributed by atoms with Crippen LogP contribution < -0.4 is 9.80 Å². The van der Waals surface area contributed by atoms with E-state index in [0.29, 0.717) is 5.82 Å². The standard InChI is InChI=1S/C15H15ClN4O2/c16-11-2-1-3-12(8-11)19-4-6-20(7-5-19)14-10-17-13(9-18-14)15(21)22/h1-3,8-10H,4-7H2,(H,21,22). The maximum absolute atomic E-state index is 10.8. The molecule has 6 nitrogen and oxygen atoms in total. The molecule has 1 aliphatic heterocycles. The van der Waals surface area contributed by atoms with Gasteiger partial charge in [0.15, 0.2) is 5.69 Å². The number of halogens is 1. The fourth-order valence-electron chi connectivity index (χ4n) is 2.46. The molecule has 22 heavy (non-hydrogen) atoms. The Morgan fingerprint density at radius 1 is 1.09 bits per heavy atom. The molecule has 1 aliphatic rings. The van der Waals surface area contributed by atoms with Crippen molar-refractivity contribution in [2.45, 2.75) is 0 Å². The van der Waals surface area contributed by atoms with Gasteiger partial charge in [-0.2, -0.15) is 0 Å². The first kappa shape index (κ1) is 14.6. The molecule has 1 fully saturated rings. The molecule has 0 spiro atoms. The summed E-state index contributed by atoms with van der Waals surface area (Å²) in [5.74, 6) is -0.361. The van der Waals surface area contributed by atoms with Crippen LogP contribution >= 0.6 is 11.6 Å². The number of carboxylic acid groups (broad SMARTS) is 1. The summed E-state index contributed by atoms with van der Waals surface area (Å²) in [6, 6.07) is 7.81. The Morgan fingerprint density at radius 2 is 1.82 bits per heavy atom. The monoisotopic (exact) mass is 318 g/mol. The van der Waals surface area contributed by atoms with Gasteiger partial charge in [0.2, 0.25) is 0 Å². The molecule has 114 valence electrons. The second kappa shape index (κ2) is 6.19. The lowest BCUT2D eigenvalue weighted by molar-refractivity contribution is 0.0690. The molecule has 1 aromatic heterocycles. The highest BCUT2D eigenvalue weighted by Gasteiger charge is 2.19. The average molecular weight is 319 g/mol. The molecule has 0 unspecified atom stereocenters. The molecule has 3 rings (SSSR count). The van der Waals surface area contributed by atoms with Crippen molar-refractivity contribution in [1.82, 2.24) is 9.97 Å². The lowest BCUT2D eigenvalue weighted by atomic mass is 10.2. The van der Waals surface area contributed by atoms with Crippen LogP contribution in [0.1, 0.15) is 10.5 Å². The third kappa shape index (κ3) is 3.12. The Morgan fingerprint density at radius 3 is 2.41 bits per heavy atom. The zero-order chi connectivity index (χ0) is 15.5. The quantitative estimate of drug-likeness (QED) is 0.935. The first-order chi connectivity index (χ1) is 10.6. The summed E-state index contributed by atoms with van der Waals surface area (Å²) in [4.78, 5) is 23.2. The van der Waals surface area contributed by atoms with Gasteiger partial charge in [0.1, 0.15) is 5.82 Å². The number of hydrogen-bond acceptors (Lipinski definition) is 5. The fraction of sp³-hybridized carbons (Fsp3) is 0.267. The molecule has 1 saturated heterocycles. The first-order valence-corrected chi connectivity index (χ1v) is 7.32. The predicted molar refractivity (Wildman–Crippen MR) is 84.9 cm³/mol. The minimum Gasteiger partial charge on any atom is -0.476 e. The lowest BCUT2D eigenvalue weighted by Gasteiger charge is -2.36. The Balaban J connectivity index is 1.65. The molecule has 1 N–H and O–H groups in total. The number of benzene rings is 1. The summed E-state index contributed by atoms with van der Waals surface area (Å²) in [5, 5.41) is 9.57. The number of piperazine rings is 1. The topological polar surface area (TPSA) is 69.6 Å². The van der Waals surface area contributed by atoms with E-state index in [4.69, 9.17) is 16.7 Å². The third-order valence-electron chi connectivity index (χ3n) is 3.63. The Kier molecular flexibility index (Phi) is 4.11. The first-order valence-electron chi connectivity index (χ1n) is 6.94. The van der Waals surface area contributed by atoms with Crippen LogP contribution in [-0.4, -0.2) is 47.2 Å². The van der Waals surface area contributed by atoms with Crippen molar-refractivity contribution in [3.05, 3.63) is 47.4 Å². The number of hydrogen-bond donors (Lipinski definition) is 1. The molecule has 0 atom stereocenters. The van der Waals surface area contributed by atoms with Gasteiger partial charge in [0.05, 0.1) is 12.4 Å². The smallest absolute Gasteiger partial charge is 0.356 e. The van der Waals surface area contributed by atoms with Gasteiger partial charge >= 0.3 is 5.97 Å². The van der Waals surface area contributed by atoms with Crippen molar-refractivity contribution in [1.29, 1.82) is 0 Å². The van der Waals surface area contributed by atoms with Gasteiger partial charge in [0.25, 0.3) is 0 Å². The minimum absolute atomic E-state index is 0.0405. The highest BCUT2D eigenvalue weighted by atomic mass is 35.5. The van der Waals surface area contributed by atoms with E-state index in [9.17, 15) is 4.79 Å². The molecular formula is C15H15ClN4O2. The van der Waals surface area contributed by atoms with Gasteiger partial charge in [-0.15, -0.1) is 0 Å². The van der Waals surface area contributed by atoms with Crippen LogP contribution in [0, 0.1) is 0 Å². The van der Waals surface area contributed by atoms with Crippen molar-refractivity contribution in [3.63, 3.8) is 0 Å². The van der Waals surface area contributed by atoms with E-state index in [1.807, 2.05) is 24.3 Å². The normalized spacial score (nSPS) is 15.0. The zero-order valence-corrected chi connectivity index (χ0v) is 12.6. The van der Waals surface area contributed by atoms with Gasteiger partial charge < -0.3 is 14.9 Å². The summed E-state index contributed by atoms with van der Waals surface area (Å²) in [5.41, 5.74) is 1.07. The van der Waals surface area contributed by atoms with Gasteiger partial charge in [-0.05, 0) is 18.2 Å². The molecule has 0 saturated carbocycles. The van der Waals surface area contributed by atoms with Crippen LogP contribution in [0.25, 0.3) is 0 Å². The van der Waals surface area contributed by atoms with Crippen LogP contribution in [-0.2, 0) is 0 Å². The van der Waals surface area contributed by atoms with E-state index >= 15 is 0 Å². The van der Waals surface area contributed by atoms with Crippen LogP contribution in [0.15, 0.2) is 36.7 Å². The number of aromatic nitrogens is 2. The predicted octanol–water partition coefficient (Wildman–Crippen LogP) is 2.15. The van der Waals surface area contributed by atoms with Crippen LogP contribution in [0.4, 0.5) is 11.5 Å². The fourth-order valence-corrected chi connectivity index (χ4v) is 2.65. The lowest BCUT2D eigenvalue weighted by Crippen LogP contribution is -2.46. The number of carboxylic acids is 1. The highest BCUT2D eigenvalue weighted by molar-refractivity contribution is 6.30. The average Bonchev–Trinajstić information content (AvgIpc) is 2.55. The van der Waals surface area contributed by atoms with E-state index in [0.717, 1.165) is 36.9 Å². The van der Waals surface area contributed by atoms with Gasteiger partial charge in [0, 0.05) is 36.9 Å². The van der Waals surface area contributed by atoms with Crippen molar-refractivity contribution in [2.75, 3.05) is 36.0 Å². The SMILES string of the molecule is O=C(O)c1cnc(N2CCN(c3cccc(Cl)c3)CC2)cn1. The van der Waals surface area contributed by atoms with E-state index in [-0.39, 0.29) is 5.69 Å². The molecule has 0 aliphatic carbocycles. The number of carbonyl (C=O) groups is 1. The van der Waals surface area contributed by atoms with E-state index < -0.39 is 5.97 Å². The molecule has 7 heteroatoms. The van der Waals surface area contributed by atoms with E-state index in [2.05, 4.69) is 19.8 Å². The number of aromatic carboxylic acids is 1. The molecular weight excluding hydrogens is 304 g/mol. The Labute approximate surface area is 133 Å². The molecule has 0 radical (unpaired) electrons. The van der Waals surface area contributed by atoms with Crippen LogP contribution in [0.3, 0.4) is 0 Å². The molecule has 2 aromatic rings. The van der Waals surface area contributed by atoms with Gasteiger partial charge in [-0.25, -0.2) is 14.8 Å². The molecule has 0 bridgehead atoms. The van der Waals surface area contributed by atoms with Crippen molar-refractivity contribution < 1.29 is 9.90 Å². The van der Waals surface area contributed by atoms with Crippen molar-refractivity contribution in [3.8, 4) is 0 Å². The molecule has 0 amide bonds. The summed E-state index contributed by atoms with van der Waals surface area (Å²) in [6.45, 7) is 3.30. The highest BCUT2D eigenvalue weighted by Crippen LogP contribution is 2.22. The maximum atomic E-state index is 10.8. The largest absolute Gasteiger partial charge is 0.476 e. The van der Waals surface area contributed by atoms with E-state index in [1.165, 1.54) is 12.4 Å². The number of rotatable bonds is 3. The summed E-state index contributed by atoms with van der Waals surface area (Å²) < 4.78 is 0. The van der Waals surface area contributed by atoms with E-state index in [1.54, 1.807) is 0 Å². The van der Waals surface area contributed by atoms with Gasteiger partial charge in [-0.1, -0.05) is 17.7 Å². The van der Waals surface area contributed by atoms with Gasteiger partial charge in [-0.3, -0.25) is 0 Å². The summed E-state index contributed by atoms with van der Waals surface area (Å²) >= 11 is 6.03. The van der Waals surface area contributed by atoms with Crippen molar-refractivity contribution in [2.24, 2.45) is 0 Å². The second-order valence-electron chi connectivity index (χ2n) is 5.02. The Hall–Kier alpha value is -2.34. The maximum Gasteiger partial charge on any atom is 0.356 e. The minimum atomic E-state index is -1.06. The second-order valence-corrected chi connectivity index (χ2v) is 5.46. The van der Waals surface area contributed by atoms with Crippen molar-refractivity contribution >= 4 is 29.1 Å². The third-order valence-corrected chi connectivity index (χ3v) is 3.87. The van der Waals surface area contributed by atoms with Crippen LogP contribution in [0.5, 0.6) is 0 Å². The Bertz CT molecular complexity index is 669. The molecule has 1 aromatic carbocycles.